The van der Waals surface area contributed by atoms with Crippen molar-refractivity contribution in [1.82, 2.24) is 9.88 Å². The first-order valence-corrected chi connectivity index (χ1v) is 9.74. The average molecular weight is 386 g/mol. The Balaban J connectivity index is 2.24. The third kappa shape index (κ3) is 5.99. The van der Waals surface area contributed by atoms with Crippen LogP contribution < -0.4 is 0 Å². The van der Waals surface area contributed by atoms with Crippen LogP contribution in [-0.2, 0) is 21.4 Å². The fraction of sp³-hybridized carbons (Fsp3) is 0.471. The molecule has 0 atom stereocenters. The predicted molar refractivity (Wildman–Crippen MR) is 95.9 cm³/mol. The first-order valence-electron chi connectivity index (χ1n) is 8.13. The monoisotopic (exact) mass is 386 g/mol. The van der Waals surface area contributed by atoms with Crippen LogP contribution in [0.1, 0.15) is 32.8 Å². The predicted octanol–water partition coefficient (Wildman–Crippen LogP) is 3.32. The summed E-state index contributed by atoms with van der Waals surface area (Å²) in [5.41, 5.74) is 0.500. The van der Waals surface area contributed by atoms with Crippen molar-refractivity contribution in [2.45, 2.75) is 39.3 Å². The van der Waals surface area contributed by atoms with Gasteiger partial charge in [-0.05, 0) is 51.0 Å². The van der Waals surface area contributed by atoms with E-state index in [1.807, 2.05) is 0 Å². The Hall–Kier alpha value is -2.13. The van der Waals surface area contributed by atoms with Gasteiger partial charge in [0.25, 0.3) is 10.1 Å². The molecule has 1 amide bonds. The number of carbonyl (C=O) groups excluding carboxylic acids is 1. The number of halogens is 1. The van der Waals surface area contributed by atoms with Crippen LogP contribution in [0.15, 0.2) is 24.4 Å². The molecule has 2 aromatic rings. The Morgan fingerprint density at radius 1 is 1.35 bits per heavy atom. The molecule has 0 bridgehead atoms. The Bertz CT molecular complexity index is 886. The zero-order valence-electron chi connectivity index (χ0n) is 15.0. The Morgan fingerprint density at radius 3 is 2.65 bits per heavy atom. The van der Waals surface area contributed by atoms with Crippen molar-refractivity contribution in [3.63, 3.8) is 0 Å². The third-order valence-electron chi connectivity index (χ3n) is 3.55. The summed E-state index contributed by atoms with van der Waals surface area (Å²) in [7, 11) is -4.13. The van der Waals surface area contributed by atoms with E-state index in [0.717, 1.165) is 0 Å². The number of hydrogen-bond donors (Lipinski definition) is 2. The highest BCUT2D eigenvalue weighted by Gasteiger charge is 2.23. The molecule has 0 saturated heterocycles. The Kier molecular flexibility index (Phi) is 5.92. The second kappa shape index (κ2) is 7.63. The number of nitrogens with one attached hydrogen (secondary N) is 1. The normalized spacial score (nSPS) is 12.3. The first kappa shape index (κ1) is 20.2. The lowest BCUT2D eigenvalue weighted by Crippen LogP contribution is -2.37. The molecular formula is C17H23FN2O5S. The molecule has 9 heteroatoms. The van der Waals surface area contributed by atoms with Crippen LogP contribution in [0.25, 0.3) is 10.9 Å². The van der Waals surface area contributed by atoms with Crippen LogP contribution >= 0.6 is 0 Å². The van der Waals surface area contributed by atoms with Gasteiger partial charge in [-0.3, -0.25) is 4.55 Å². The summed E-state index contributed by atoms with van der Waals surface area (Å²) in [4.78, 5) is 16.8. The van der Waals surface area contributed by atoms with Crippen LogP contribution in [0, 0.1) is 5.82 Å². The van der Waals surface area contributed by atoms with Crippen molar-refractivity contribution in [3.05, 3.63) is 35.8 Å². The van der Waals surface area contributed by atoms with E-state index >= 15 is 0 Å². The molecule has 144 valence electrons. The van der Waals surface area contributed by atoms with Gasteiger partial charge >= 0.3 is 6.09 Å². The summed E-state index contributed by atoms with van der Waals surface area (Å²) in [6, 6.07) is 4.42. The average Bonchev–Trinajstić information content (AvgIpc) is 2.91. The van der Waals surface area contributed by atoms with Crippen molar-refractivity contribution < 1.29 is 26.9 Å². The molecule has 2 rings (SSSR count). The van der Waals surface area contributed by atoms with Crippen LogP contribution in [-0.4, -0.2) is 46.8 Å². The van der Waals surface area contributed by atoms with Crippen LogP contribution in [0.4, 0.5) is 9.18 Å². The number of benzene rings is 1. The minimum atomic E-state index is -4.13. The molecular weight excluding hydrogens is 363 g/mol. The standard InChI is InChI=1S/C17H23FN2O5S/c1-17(2,3)25-16(21)20(7-4-8-26(22,23)24)11-13-10-14(18)9-12-5-6-19-15(12)13/h5-6,9-10,19H,4,7-8,11H2,1-3H3,(H,22,23,24). The first-order chi connectivity index (χ1) is 11.9. The summed E-state index contributed by atoms with van der Waals surface area (Å²) < 4.78 is 49.9. The van der Waals surface area contributed by atoms with E-state index in [0.29, 0.717) is 16.5 Å². The number of aromatic nitrogens is 1. The van der Waals surface area contributed by atoms with Crippen molar-refractivity contribution in [2.24, 2.45) is 0 Å². The molecule has 1 aromatic carbocycles. The summed E-state index contributed by atoms with van der Waals surface area (Å²) in [6.45, 7) is 5.22. The third-order valence-corrected chi connectivity index (χ3v) is 4.35. The second-order valence-corrected chi connectivity index (χ2v) is 8.62. The molecule has 1 heterocycles. The maximum absolute atomic E-state index is 13.8. The molecule has 7 nitrogen and oxygen atoms in total. The number of fused-ring (bicyclic) bond motifs is 1. The molecule has 26 heavy (non-hydrogen) atoms. The van der Waals surface area contributed by atoms with Crippen molar-refractivity contribution >= 4 is 27.1 Å². The van der Waals surface area contributed by atoms with Crippen LogP contribution in [0.3, 0.4) is 0 Å². The summed E-state index contributed by atoms with van der Waals surface area (Å²) >= 11 is 0. The number of H-pyrrole nitrogens is 1. The van der Waals surface area contributed by atoms with Gasteiger partial charge in [0.15, 0.2) is 0 Å². The largest absolute Gasteiger partial charge is 0.444 e. The van der Waals surface area contributed by atoms with Gasteiger partial charge in [-0.2, -0.15) is 8.42 Å². The minimum Gasteiger partial charge on any atom is -0.444 e. The number of hydrogen-bond acceptors (Lipinski definition) is 4. The lowest BCUT2D eigenvalue weighted by molar-refractivity contribution is 0.0234. The van der Waals surface area contributed by atoms with Crippen molar-refractivity contribution in [2.75, 3.05) is 12.3 Å². The molecule has 0 spiro atoms. The highest BCUT2D eigenvalue weighted by Crippen LogP contribution is 2.22. The van der Waals surface area contributed by atoms with E-state index in [1.165, 1.54) is 17.0 Å². The van der Waals surface area contributed by atoms with Crippen LogP contribution in [0.2, 0.25) is 0 Å². The second-order valence-electron chi connectivity index (χ2n) is 7.05. The molecule has 0 saturated carbocycles. The molecule has 0 aliphatic carbocycles. The number of aromatic amines is 1. The fourth-order valence-electron chi connectivity index (χ4n) is 2.54. The van der Waals surface area contributed by atoms with E-state index in [1.54, 1.807) is 33.0 Å². The summed E-state index contributed by atoms with van der Waals surface area (Å²) in [5.74, 6) is -0.915. The zero-order valence-corrected chi connectivity index (χ0v) is 15.8. The number of amides is 1. The number of rotatable bonds is 6. The maximum Gasteiger partial charge on any atom is 0.410 e. The quantitative estimate of drug-likeness (QED) is 0.742. The maximum atomic E-state index is 13.8. The van der Waals surface area contributed by atoms with Gasteiger partial charge in [0, 0.05) is 18.1 Å². The zero-order chi connectivity index (χ0) is 19.5. The van der Waals surface area contributed by atoms with Crippen molar-refractivity contribution in [3.8, 4) is 0 Å². The number of ether oxygens (including phenoxy) is 1. The van der Waals surface area contributed by atoms with Gasteiger partial charge in [0.1, 0.15) is 11.4 Å². The highest BCUT2D eigenvalue weighted by molar-refractivity contribution is 7.85. The lowest BCUT2D eigenvalue weighted by atomic mass is 10.1. The van der Waals surface area contributed by atoms with E-state index in [4.69, 9.17) is 9.29 Å². The molecule has 2 N–H and O–H groups in total. The molecule has 0 unspecified atom stereocenters. The SMILES string of the molecule is CC(C)(C)OC(=O)N(CCCS(=O)(=O)O)Cc1cc(F)cc2cc[nH]c12. The van der Waals surface area contributed by atoms with Crippen molar-refractivity contribution in [1.29, 1.82) is 0 Å². The Labute approximate surface area is 151 Å². The minimum absolute atomic E-state index is 0.0290. The van der Waals surface area contributed by atoms with E-state index in [-0.39, 0.29) is 19.5 Å². The van der Waals surface area contributed by atoms with Gasteiger partial charge < -0.3 is 14.6 Å². The summed E-state index contributed by atoms with van der Waals surface area (Å²) in [5, 5.41) is 0.669. The number of carbonyl (C=O) groups is 1. The highest BCUT2D eigenvalue weighted by atomic mass is 32.2. The van der Waals surface area contributed by atoms with Gasteiger partial charge in [-0.1, -0.05) is 0 Å². The molecule has 1 aromatic heterocycles. The van der Waals surface area contributed by atoms with E-state index in [2.05, 4.69) is 4.98 Å². The van der Waals surface area contributed by atoms with Crippen LogP contribution in [0.5, 0.6) is 0 Å². The topological polar surface area (TPSA) is 99.7 Å². The fourth-order valence-corrected chi connectivity index (χ4v) is 3.03. The van der Waals surface area contributed by atoms with E-state index in [9.17, 15) is 17.6 Å². The van der Waals surface area contributed by atoms with Gasteiger partial charge in [-0.15, -0.1) is 0 Å². The van der Waals surface area contributed by atoms with Gasteiger partial charge in [0.05, 0.1) is 17.8 Å². The summed E-state index contributed by atoms with van der Waals surface area (Å²) in [6.07, 6.45) is 1.06. The van der Waals surface area contributed by atoms with Gasteiger partial charge in [-0.25, -0.2) is 9.18 Å². The molecule has 0 aliphatic rings. The lowest BCUT2D eigenvalue weighted by Gasteiger charge is -2.27. The number of nitrogens with zero attached hydrogens (tertiary/aromatic N) is 1. The molecule has 0 aliphatic heterocycles. The van der Waals surface area contributed by atoms with E-state index < -0.39 is 33.4 Å². The van der Waals surface area contributed by atoms with Gasteiger partial charge in [0.2, 0.25) is 0 Å². The molecule has 0 radical (unpaired) electrons. The smallest absolute Gasteiger partial charge is 0.410 e. The molecule has 0 fully saturated rings. The Morgan fingerprint density at radius 2 is 2.04 bits per heavy atom.